The predicted molar refractivity (Wildman–Crippen MR) is 31.1 cm³/mol. The summed E-state index contributed by atoms with van der Waals surface area (Å²) in [6, 6.07) is 0. The van der Waals surface area contributed by atoms with E-state index in [9.17, 15) is 43.9 Å². The van der Waals surface area contributed by atoms with Gasteiger partial charge in [0.1, 0.15) is 5.57 Å². The maximum atomic E-state index is 12.0. The molecular weight excluding hydrogens is 262 g/mol. The van der Waals surface area contributed by atoms with Gasteiger partial charge in [-0.15, -0.1) is 0 Å². The molecule has 0 saturated carbocycles. The molecule has 0 fully saturated rings. The number of hydrogen-bond donors (Lipinski definition) is 0. The Kier molecular flexibility index (Phi) is 3.88. The molecule has 0 aromatic rings. The molecule has 0 nitrogen and oxygen atoms in total. The molecule has 0 aromatic carbocycles. The second-order valence-electron chi connectivity index (χ2n) is 2.52. The summed E-state index contributed by atoms with van der Waals surface area (Å²) in [4.78, 5) is 0. The van der Waals surface area contributed by atoms with Crippen LogP contribution in [-0.4, -0.2) is 24.7 Å². The van der Waals surface area contributed by atoms with Crippen molar-refractivity contribution in [1.29, 1.82) is 0 Å². The van der Waals surface area contributed by atoms with Gasteiger partial charge in [-0.1, -0.05) is 0 Å². The summed E-state index contributed by atoms with van der Waals surface area (Å²) < 4.78 is 116. The maximum Gasteiger partial charge on any atom is 0.423 e. The molecule has 16 heavy (non-hydrogen) atoms. The minimum absolute atomic E-state index is 1.54. The second-order valence-corrected chi connectivity index (χ2v) is 2.52. The lowest BCUT2D eigenvalue weighted by molar-refractivity contribution is -0.181. The van der Waals surface area contributed by atoms with E-state index in [-0.39, 0.29) is 0 Å². The fourth-order valence-electron chi connectivity index (χ4n) is 0.591. The van der Waals surface area contributed by atoms with E-state index in [4.69, 9.17) is 0 Å². The Morgan fingerprint density at radius 3 is 1.25 bits per heavy atom. The van der Waals surface area contributed by atoms with E-state index in [1.54, 1.807) is 0 Å². The lowest BCUT2D eigenvalue weighted by atomic mass is 10.2. The van der Waals surface area contributed by atoms with Gasteiger partial charge in [-0.25, -0.2) is 4.39 Å². The third kappa shape index (κ3) is 4.27. The van der Waals surface area contributed by atoms with Gasteiger partial charge in [-0.3, -0.25) is 0 Å². The molecule has 0 aliphatic rings. The standard InChI is InChI=1S/C6H2F10/c7-3(6(14,15)16)1-2(4(8,9)10)5(11,12)13/h1,3H. The maximum absolute atomic E-state index is 12.0. The molecule has 0 aliphatic heterocycles. The van der Waals surface area contributed by atoms with Gasteiger partial charge in [0, 0.05) is 0 Å². The predicted octanol–water partition coefficient (Wildman–Crippen LogP) is 3.94. The van der Waals surface area contributed by atoms with Gasteiger partial charge in [-0.2, -0.15) is 39.5 Å². The highest BCUT2D eigenvalue weighted by Crippen LogP contribution is 2.40. The third-order valence-corrected chi connectivity index (χ3v) is 1.24. The topological polar surface area (TPSA) is 0 Å². The van der Waals surface area contributed by atoms with Gasteiger partial charge in [-0.05, 0) is 6.08 Å². The molecule has 1 unspecified atom stereocenters. The number of allylic oxidation sites excluding steroid dienone is 2. The SMILES string of the molecule is FC(C=C(C(F)(F)F)C(F)(F)F)C(F)(F)F. The quantitative estimate of drug-likeness (QED) is 0.497. The first-order valence-corrected chi connectivity index (χ1v) is 3.33. The van der Waals surface area contributed by atoms with Gasteiger partial charge in [0.25, 0.3) is 0 Å². The fourth-order valence-corrected chi connectivity index (χ4v) is 0.591. The lowest BCUT2D eigenvalue weighted by Crippen LogP contribution is -2.30. The van der Waals surface area contributed by atoms with Crippen LogP contribution in [0.3, 0.4) is 0 Å². The van der Waals surface area contributed by atoms with E-state index in [1.165, 1.54) is 0 Å². The average molecular weight is 264 g/mol. The molecule has 0 amide bonds. The van der Waals surface area contributed by atoms with Gasteiger partial charge in [0.15, 0.2) is 0 Å². The summed E-state index contributed by atoms with van der Waals surface area (Å²) in [5.41, 5.74) is -3.52. The molecule has 96 valence electrons. The zero-order valence-corrected chi connectivity index (χ0v) is 6.93. The number of alkyl halides is 10. The van der Waals surface area contributed by atoms with Crippen LogP contribution in [0, 0.1) is 0 Å². The Hall–Kier alpha value is -0.960. The molecule has 0 aromatic heterocycles. The first-order valence-electron chi connectivity index (χ1n) is 3.33. The van der Waals surface area contributed by atoms with Crippen molar-refractivity contribution in [1.82, 2.24) is 0 Å². The minimum atomic E-state index is -6.10. The van der Waals surface area contributed by atoms with E-state index >= 15 is 0 Å². The number of hydrogen-bond acceptors (Lipinski definition) is 0. The van der Waals surface area contributed by atoms with E-state index < -0.39 is 36.3 Å². The molecule has 0 aliphatic carbocycles. The summed E-state index contributed by atoms with van der Waals surface area (Å²) in [5, 5.41) is 0. The molecule has 0 rings (SSSR count). The third-order valence-electron chi connectivity index (χ3n) is 1.24. The van der Waals surface area contributed by atoms with Crippen LogP contribution >= 0.6 is 0 Å². The van der Waals surface area contributed by atoms with Crippen LogP contribution in [-0.2, 0) is 0 Å². The van der Waals surface area contributed by atoms with Crippen LogP contribution < -0.4 is 0 Å². The Labute approximate surface area is 81.5 Å². The Balaban J connectivity index is 5.32. The molecule has 10 heteroatoms. The lowest BCUT2D eigenvalue weighted by Gasteiger charge is -2.16. The highest BCUT2D eigenvalue weighted by Gasteiger charge is 2.53. The summed E-state index contributed by atoms with van der Waals surface area (Å²) in [5.74, 6) is 0. The van der Waals surface area contributed by atoms with Crippen LogP contribution in [0.4, 0.5) is 43.9 Å². The summed E-state index contributed by atoms with van der Waals surface area (Å²) >= 11 is 0. The number of rotatable bonds is 1. The summed E-state index contributed by atoms with van der Waals surface area (Å²) in [6.45, 7) is 0. The fraction of sp³-hybridized carbons (Fsp3) is 0.667. The van der Waals surface area contributed by atoms with Crippen LogP contribution in [0.5, 0.6) is 0 Å². The van der Waals surface area contributed by atoms with Crippen molar-refractivity contribution in [3.05, 3.63) is 11.6 Å². The highest BCUT2D eigenvalue weighted by atomic mass is 19.4. The Bertz CT molecular complexity index is 247. The summed E-state index contributed by atoms with van der Waals surface area (Å²) in [7, 11) is 0. The van der Waals surface area contributed by atoms with E-state index in [1.807, 2.05) is 0 Å². The Morgan fingerprint density at radius 1 is 0.750 bits per heavy atom. The largest absolute Gasteiger partial charge is 0.423 e. The van der Waals surface area contributed by atoms with Crippen molar-refractivity contribution >= 4 is 0 Å². The zero-order valence-electron chi connectivity index (χ0n) is 6.93. The minimum Gasteiger partial charge on any atom is -0.233 e. The van der Waals surface area contributed by atoms with Crippen LogP contribution in [0.15, 0.2) is 11.6 Å². The van der Waals surface area contributed by atoms with Crippen molar-refractivity contribution in [3.63, 3.8) is 0 Å². The molecule has 0 heterocycles. The van der Waals surface area contributed by atoms with Crippen molar-refractivity contribution in [3.8, 4) is 0 Å². The first-order chi connectivity index (χ1) is 6.76. The van der Waals surface area contributed by atoms with E-state index in [0.29, 0.717) is 0 Å². The number of halogens is 10. The zero-order chi connectivity index (χ0) is 13.4. The van der Waals surface area contributed by atoms with E-state index in [0.717, 1.165) is 0 Å². The second kappa shape index (κ2) is 4.13. The van der Waals surface area contributed by atoms with Gasteiger partial charge in [0.05, 0.1) is 0 Å². The van der Waals surface area contributed by atoms with Crippen LogP contribution in [0.1, 0.15) is 0 Å². The monoisotopic (exact) mass is 264 g/mol. The van der Waals surface area contributed by atoms with E-state index in [2.05, 4.69) is 0 Å². The molecule has 0 spiro atoms. The van der Waals surface area contributed by atoms with Crippen molar-refractivity contribution < 1.29 is 43.9 Å². The molecule has 0 radical (unpaired) electrons. The van der Waals surface area contributed by atoms with Gasteiger partial charge < -0.3 is 0 Å². The molecular formula is C6H2F10. The Morgan fingerprint density at radius 2 is 1.06 bits per heavy atom. The van der Waals surface area contributed by atoms with Crippen LogP contribution in [0.25, 0.3) is 0 Å². The normalized spacial score (nSPS) is 15.9. The van der Waals surface area contributed by atoms with Crippen LogP contribution in [0.2, 0.25) is 0 Å². The van der Waals surface area contributed by atoms with Gasteiger partial charge in [0.2, 0.25) is 6.17 Å². The average Bonchev–Trinajstić information content (AvgIpc) is 1.92. The smallest absolute Gasteiger partial charge is 0.233 e. The highest BCUT2D eigenvalue weighted by molar-refractivity contribution is 5.18. The van der Waals surface area contributed by atoms with Crippen molar-refractivity contribution in [2.45, 2.75) is 24.7 Å². The molecule has 1 atom stereocenters. The molecule has 0 bridgehead atoms. The van der Waals surface area contributed by atoms with Crippen molar-refractivity contribution in [2.75, 3.05) is 0 Å². The van der Waals surface area contributed by atoms with Crippen molar-refractivity contribution in [2.24, 2.45) is 0 Å². The first kappa shape index (κ1) is 15.0. The molecule has 0 saturated heterocycles. The molecule has 0 N–H and O–H groups in total. The van der Waals surface area contributed by atoms with Gasteiger partial charge >= 0.3 is 18.5 Å². The summed E-state index contributed by atoms with van der Waals surface area (Å²) in [6.07, 6.45) is -23.9.